The molecule has 0 amide bonds. The maximum Gasteiger partial charge on any atom is 0.119 e. The molecule has 3 heteroatoms. The molecule has 1 aromatic rings. The maximum atomic E-state index is 9.80. The first-order chi connectivity index (χ1) is 8.76. The van der Waals surface area contributed by atoms with Gasteiger partial charge in [0.15, 0.2) is 0 Å². The molecule has 3 nitrogen and oxygen atoms in total. The summed E-state index contributed by atoms with van der Waals surface area (Å²) in [7, 11) is 0. The Bertz CT molecular complexity index is 328. The number of aliphatic hydroxyl groups is 1. The number of hydrogen-bond donors (Lipinski definition) is 2. The van der Waals surface area contributed by atoms with Crippen LogP contribution in [-0.4, -0.2) is 24.4 Å². The van der Waals surface area contributed by atoms with Gasteiger partial charge in [-0.15, -0.1) is 0 Å². The number of rotatable bonds is 9. The molecular formula is C15H25NO2. The summed E-state index contributed by atoms with van der Waals surface area (Å²) in [6.45, 7) is 3.22. The van der Waals surface area contributed by atoms with E-state index in [0.29, 0.717) is 13.2 Å². The van der Waals surface area contributed by atoms with E-state index in [-0.39, 0.29) is 6.10 Å². The summed E-state index contributed by atoms with van der Waals surface area (Å²) < 4.78 is 5.48. The first-order valence-corrected chi connectivity index (χ1v) is 6.86. The quantitative estimate of drug-likeness (QED) is 0.709. The molecule has 0 heterocycles. The van der Waals surface area contributed by atoms with Crippen molar-refractivity contribution in [3.8, 4) is 5.75 Å². The average molecular weight is 251 g/mol. The van der Waals surface area contributed by atoms with E-state index >= 15 is 0 Å². The van der Waals surface area contributed by atoms with Crippen molar-refractivity contribution in [3.05, 3.63) is 29.8 Å². The number of nitrogens with two attached hydrogens (primary N) is 1. The molecule has 0 bridgehead atoms. The third-order valence-corrected chi connectivity index (χ3v) is 2.94. The van der Waals surface area contributed by atoms with E-state index in [0.717, 1.165) is 37.9 Å². The molecule has 1 unspecified atom stereocenters. The van der Waals surface area contributed by atoms with Crippen LogP contribution in [0.2, 0.25) is 0 Å². The average Bonchev–Trinajstić information content (AvgIpc) is 2.41. The van der Waals surface area contributed by atoms with E-state index in [4.69, 9.17) is 10.5 Å². The highest BCUT2D eigenvalue weighted by Gasteiger charge is 2.04. The fourth-order valence-corrected chi connectivity index (χ4v) is 1.88. The molecule has 0 aliphatic heterocycles. The minimum Gasteiger partial charge on any atom is -0.492 e. The fraction of sp³-hybridized carbons (Fsp3) is 0.600. The minimum absolute atomic E-state index is 0.182. The molecule has 0 aliphatic carbocycles. The number of unbranched alkanes of at least 4 members (excludes halogenated alkanes) is 1. The SMILES string of the molecule is CCCCC(O)CCc1cccc(OCCN)c1. The van der Waals surface area contributed by atoms with E-state index < -0.39 is 0 Å². The maximum absolute atomic E-state index is 9.80. The summed E-state index contributed by atoms with van der Waals surface area (Å²) in [5.74, 6) is 0.862. The predicted molar refractivity (Wildman–Crippen MR) is 74.8 cm³/mol. The Morgan fingerprint density at radius 3 is 2.89 bits per heavy atom. The Balaban J connectivity index is 2.37. The molecule has 0 radical (unpaired) electrons. The molecule has 0 aliphatic rings. The van der Waals surface area contributed by atoms with Gasteiger partial charge in [0.25, 0.3) is 0 Å². The van der Waals surface area contributed by atoms with Gasteiger partial charge in [-0.05, 0) is 37.0 Å². The van der Waals surface area contributed by atoms with Gasteiger partial charge in [0.05, 0.1) is 6.10 Å². The second-order valence-electron chi connectivity index (χ2n) is 4.62. The Kier molecular flexibility index (Phi) is 7.46. The summed E-state index contributed by atoms with van der Waals surface area (Å²) in [5, 5.41) is 9.80. The first-order valence-electron chi connectivity index (χ1n) is 6.86. The first kappa shape index (κ1) is 15.0. The summed E-state index contributed by atoms with van der Waals surface area (Å²) in [4.78, 5) is 0. The van der Waals surface area contributed by atoms with Crippen LogP contribution >= 0.6 is 0 Å². The van der Waals surface area contributed by atoms with E-state index in [2.05, 4.69) is 13.0 Å². The predicted octanol–water partition coefficient (Wildman–Crippen LogP) is 2.51. The van der Waals surface area contributed by atoms with Crippen molar-refractivity contribution in [2.45, 2.75) is 45.1 Å². The van der Waals surface area contributed by atoms with Crippen molar-refractivity contribution in [2.24, 2.45) is 5.73 Å². The monoisotopic (exact) mass is 251 g/mol. The highest BCUT2D eigenvalue weighted by atomic mass is 16.5. The van der Waals surface area contributed by atoms with Crippen molar-refractivity contribution in [3.63, 3.8) is 0 Å². The zero-order chi connectivity index (χ0) is 13.2. The molecule has 0 saturated heterocycles. The third kappa shape index (κ3) is 6.03. The lowest BCUT2D eigenvalue weighted by molar-refractivity contribution is 0.152. The fourth-order valence-electron chi connectivity index (χ4n) is 1.88. The molecule has 0 saturated carbocycles. The van der Waals surface area contributed by atoms with Crippen LogP contribution in [0.4, 0.5) is 0 Å². The number of aryl methyl sites for hydroxylation is 1. The van der Waals surface area contributed by atoms with E-state index in [1.165, 1.54) is 5.56 Å². The summed E-state index contributed by atoms with van der Waals surface area (Å²) in [6, 6.07) is 8.02. The second kappa shape index (κ2) is 8.95. The zero-order valence-corrected chi connectivity index (χ0v) is 11.3. The van der Waals surface area contributed by atoms with Gasteiger partial charge in [0.1, 0.15) is 12.4 Å². The molecule has 3 N–H and O–H groups in total. The third-order valence-electron chi connectivity index (χ3n) is 2.94. The minimum atomic E-state index is -0.182. The number of benzene rings is 1. The van der Waals surface area contributed by atoms with Crippen LogP contribution in [-0.2, 0) is 6.42 Å². The Labute approximate surface area is 110 Å². The Morgan fingerprint density at radius 1 is 1.33 bits per heavy atom. The van der Waals surface area contributed by atoms with Gasteiger partial charge in [0, 0.05) is 6.54 Å². The van der Waals surface area contributed by atoms with Crippen LogP contribution in [0.5, 0.6) is 5.75 Å². The van der Waals surface area contributed by atoms with Crippen LogP contribution in [0.25, 0.3) is 0 Å². The van der Waals surface area contributed by atoms with Gasteiger partial charge in [0.2, 0.25) is 0 Å². The van der Waals surface area contributed by atoms with Gasteiger partial charge in [-0.3, -0.25) is 0 Å². The summed E-state index contributed by atoms with van der Waals surface area (Å²) in [5.41, 5.74) is 6.61. The number of ether oxygens (including phenoxy) is 1. The smallest absolute Gasteiger partial charge is 0.119 e. The van der Waals surface area contributed by atoms with Gasteiger partial charge in [-0.25, -0.2) is 0 Å². The second-order valence-corrected chi connectivity index (χ2v) is 4.62. The van der Waals surface area contributed by atoms with Gasteiger partial charge in [-0.1, -0.05) is 31.9 Å². The van der Waals surface area contributed by atoms with Crippen molar-refractivity contribution in [1.82, 2.24) is 0 Å². The van der Waals surface area contributed by atoms with Crippen LogP contribution in [0.1, 0.15) is 38.2 Å². The lowest BCUT2D eigenvalue weighted by Crippen LogP contribution is -2.11. The van der Waals surface area contributed by atoms with E-state index in [1.54, 1.807) is 0 Å². The van der Waals surface area contributed by atoms with Crippen LogP contribution in [0, 0.1) is 0 Å². The van der Waals surface area contributed by atoms with Crippen LogP contribution in [0.3, 0.4) is 0 Å². The number of aliphatic hydroxyl groups excluding tert-OH is 1. The normalized spacial score (nSPS) is 12.4. The lowest BCUT2D eigenvalue weighted by Gasteiger charge is -2.11. The van der Waals surface area contributed by atoms with Gasteiger partial charge in [-0.2, -0.15) is 0 Å². The van der Waals surface area contributed by atoms with Crippen molar-refractivity contribution in [2.75, 3.05) is 13.2 Å². The number of hydrogen-bond acceptors (Lipinski definition) is 3. The standard InChI is InChI=1S/C15H25NO2/c1-2-3-6-14(17)9-8-13-5-4-7-15(12-13)18-11-10-16/h4-5,7,12,14,17H,2-3,6,8-11,16H2,1H3. The summed E-state index contributed by atoms with van der Waals surface area (Å²) in [6.07, 6.45) is 4.67. The highest BCUT2D eigenvalue weighted by Crippen LogP contribution is 2.16. The Morgan fingerprint density at radius 2 is 2.17 bits per heavy atom. The molecule has 1 atom stereocenters. The molecule has 1 aromatic carbocycles. The van der Waals surface area contributed by atoms with E-state index in [1.807, 2.05) is 18.2 Å². The molecule has 0 fully saturated rings. The molecule has 0 aromatic heterocycles. The van der Waals surface area contributed by atoms with Crippen molar-refractivity contribution in [1.29, 1.82) is 0 Å². The van der Waals surface area contributed by atoms with Crippen molar-refractivity contribution < 1.29 is 9.84 Å². The van der Waals surface area contributed by atoms with Gasteiger partial charge < -0.3 is 15.6 Å². The lowest BCUT2D eigenvalue weighted by atomic mass is 10.0. The van der Waals surface area contributed by atoms with Gasteiger partial charge >= 0.3 is 0 Å². The molecule has 1 rings (SSSR count). The molecule has 102 valence electrons. The van der Waals surface area contributed by atoms with Crippen LogP contribution < -0.4 is 10.5 Å². The summed E-state index contributed by atoms with van der Waals surface area (Å²) >= 11 is 0. The molecule has 18 heavy (non-hydrogen) atoms. The van der Waals surface area contributed by atoms with Crippen LogP contribution in [0.15, 0.2) is 24.3 Å². The topological polar surface area (TPSA) is 55.5 Å². The largest absolute Gasteiger partial charge is 0.492 e. The highest BCUT2D eigenvalue weighted by molar-refractivity contribution is 5.28. The van der Waals surface area contributed by atoms with Crippen molar-refractivity contribution >= 4 is 0 Å². The van der Waals surface area contributed by atoms with E-state index in [9.17, 15) is 5.11 Å². The molecular weight excluding hydrogens is 226 g/mol. The molecule has 0 spiro atoms. The Hall–Kier alpha value is -1.06. The zero-order valence-electron chi connectivity index (χ0n) is 11.3.